The summed E-state index contributed by atoms with van der Waals surface area (Å²) in [4.78, 5) is 24.6. The molecule has 0 heterocycles. The summed E-state index contributed by atoms with van der Waals surface area (Å²) in [6.07, 6.45) is -0.0823. The Hall–Kier alpha value is -2.62. The molecule has 0 radical (unpaired) electrons. The molecule has 0 aliphatic heterocycles. The summed E-state index contributed by atoms with van der Waals surface area (Å²) >= 11 is 0. The van der Waals surface area contributed by atoms with Crippen molar-refractivity contribution in [3.63, 3.8) is 0 Å². The zero-order valence-corrected chi connectivity index (χ0v) is 14.3. The smallest absolute Gasteiger partial charge is 0.308 e. The third kappa shape index (κ3) is 5.23. The van der Waals surface area contributed by atoms with Gasteiger partial charge in [0.05, 0.1) is 18.6 Å². The van der Waals surface area contributed by atoms with E-state index in [0.717, 1.165) is 11.1 Å². The summed E-state index contributed by atoms with van der Waals surface area (Å²) in [7, 11) is 0. The van der Waals surface area contributed by atoms with Crippen molar-refractivity contribution in [1.82, 2.24) is 5.32 Å². The van der Waals surface area contributed by atoms with Gasteiger partial charge < -0.3 is 10.1 Å². The minimum atomic E-state index is -0.425. The lowest BCUT2D eigenvalue weighted by atomic mass is 10.0. The van der Waals surface area contributed by atoms with Gasteiger partial charge >= 0.3 is 5.97 Å². The molecule has 2 aromatic carbocycles. The van der Waals surface area contributed by atoms with E-state index in [2.05, 4.69) is 5.32 Å². The van der Waals surface area contributed by atoms with Gasteiger partial charge in [-0.3, -0.25) is 9.59 Å². The highest BCUT2D eigenvalue weighted by atomic mass is 16.5. The zero-order valence-electron chi connectivity index (χ0n) is 14.3. The molecule has 0 aliphatic rings. The van der Waals surface area contributed by atoms with Crippen LogP contribution in [0.4, 0.5) is 0 Å². The van der Waals surface area contributed by atoms with Crippen LogP contribution in [-0.4, -0.2) is 18.0 Å². The first kappa shape index (κ1) is 17.7. The van der Waals surface area contributed by atoms with Gasteiger partial charge in [-0.25, -0.2) is 0 Å². The van der Waals surface area contributed by atoms with Crippen LogP contribution < -0.4 is 5.32 Å². The van der Waals surface area contributed by atoms with E-state index in [-0.39, 0.29) is 24.4 Å². The number of benzene rings is 2. The van der Waals surface area contributed by atoms with E-state index < -0.39 is 6.04 Å². The molecule has 24 heavy (non-hydrogen) atoms. The monoisotopic (exact) mass is 325 g/mol. The van der Waals surface area contributed by atoms with Gasteiger partial charge in [0.2, 0.25) is 0 Å². The van der Waals surface area contributed by atoms with Crippen LogP contribution in [0, 0.1) is 6.92 Å². The molecule has 0 aliphatic carbocycles. The maximum absolute atomic E-state index is 12.5. The maximum Gasteiger partial charge on any atom is 0.308 e. The van der Waals surface area contributed by atoms with Crippen LogP contribution in [0.1, 0.15) is 47.8 Å². The number of hydrogen-bond acceptors (Lipinski definition) is 3. The molecule has 0 bridgehead atoms. The molecule has 126 valence electrons. The maximum atomic E-state index is 12.5. The summed E-state index contributed by atoms with van der Waals surface area (Å²) in [5.74, 6) is -0.534. The van der Waals surface area contributed by atoms with Gasteiger partial charge in [-0.15, -0.1) is 0 Å². The number of hydrogen-bond donors (Lipinski definition) is 1. The lowest BCUT2D eigenvalue weighted by Gasteiger charge is -2.19. The van der Waals surface area contributed by atoms with Gasteiger partial charge in [-0.1, -0.05) is 48.0 Å². The van der Waals surface area contributed by atoms with E-state index in [1.165, 1.54) is 0 Å². The largest absolute Gasteiger partial charge is 0.463 e. The summed E-state index contributed by atoms with van der Waals surface area (Å²) in [6, 6.07) is 16.4. The fourth-order valence-electron chi connectivity index (χ4n) is 2.44. The van der Waals surface area contributed by atoms with Crippen LogP contribution in [0.25, 0.3) is 0 Å². The second kappa shape index (κ2) is 8.29. The summed E-state index contributed by atoms with van der Waals surface area (Å²) in [5, 5.41) is 2.94. The predicted octanol–water partition coefficient (Wildman–Crippen LogP) is 3.81. The van der Waals surface area contributed by atoms with E-state index in [1.807, 2.05) is 55.5 Å². The number of esters is 1. The Morgan fingerprint density at radius 3 is 2.38 bits per heavy atom. The van der Waals surface area contributed by atoms with Crippen molar-refractivity contribution in [3.05, 3.63) is 71.3 Å². The molecule has 4 heteroatoms. The predicted molar refractivity (Wildman–Crippen MR) is 93.7 cm³/mol. The summed E-state index contributed by atoms with van der Waals surface area (Å²) in [6.45, 7) is 5.55. The molecular weight excluding hydrogens is 302 g/mol. The second-order valence-corrected chi connectivity index (χ2v) is 6.05. The van der Waals surface area contributed by atoms with E-state index in [0.29, 0.717) is 5.56 Å². The Labute approximate surface area is 142 Å². The number of amides is 1. The average molecular weight is 325 g/mol. The highest BCUT2D eigenvalue weighted by Gasteiger charge is 2.20. The Kier molecular flexibility index (Phi) is 6.13. The van der Waals surface area contributed by atoms with E-state index in [9.17, 15) is 9.59 Å². The van der Waals surface area contributed by atoms with E-state index >= 15 is 0 Å². The molecule has 1 atom stereocenters. The van der Waals surface area contributed by atoms with Crippen molar-refractivity contribution in [2.75, 3.05) is 0 Å². The first-order valence-electron chi connectivity index (χ1n) is 8.07. The standard InChI is InChI=1S/C20H23NO3/c1-14(2)24-19(22)13-18(16-9-5-4-6-10-16)21-20(23)17-11-7-8-15(3)12-17/h4-12,14,18H,13H2,1-3H3,(H,21,23). The molecule has 1 unspecified atom stereocenters. The van der Waals surface area contributed by atoms with Gasteiger partial charge in [-0.05, 0) is 38.5 Å². The minimum Gasteiger partial charge on any atom is -0.463 e. The highest BCUT2D eigenvalue weighted by molar-refractivity contribution is 5.94. The van der Waals surface area contributed by atoms with Crippen molar-refractivity contribution in [1.29, 1.82) is 0 Å². The van der Waals surface area contributed by atoms with Crippen LogP contribution in [-0.2, 0) is 9.53 Å². The Morgan fingerprint density at radius 2 is 1.75 bits per heavy atom. The number of ether oxygens (including phenoxy) is 1. The van der Waals surface area contributed by atoms with Crippen LogP contribution in [0.15, 0.2) is 54.6 Å². The van der Waals surface area contributed by atoms with Crippen LogP contribution in [0.2, 0.25) is 0 Å². The summed E-state index contributed by atoms with van der Waals surface area (Å²) in [5.41, 5.74) is 2.46. The zero-order chi connectivity index (χ0) is 17.5. The normalized spacial score (nSPS) is 11.8. The lowest BCUT2D eigenvalue weighted by Crippen LogP contribution is -2.31. The third-order valence-corrected chi connectivity index (χ3v) is 3.53. The molecule has 1 amide bonds. The van der Waals surface area contributed by atoms with Crippen molar-refractivity contribution in [2.45, 2.75) is 39.3 Å². The summed E-state index contributed by atoms with van der Waals surface area (Å²) < 4.78 is 5.22. The fourth-order valence-corrected chi connectivity index (χ4v) is 2.44. The molecule has 2 aromatic rings. The molecule has 0 spiro atoms. The first-order valence-corrected chi connectivity index (χ1v) is 8.07. The molecule has 4 nitrogen and oxygen atoms in total. The SMILES string of the molecule is Cc1cccc(C(=O)NC(CC(=O)OC(C)C)c2ccccc2)c1. The average Bonchev–Trinajstić information content (AvgIpc) is 2.54. The topological polar surface area (TPSA) is 55.4 Å². The van der Waals surface area contributed by atoms with E-state index in [4.69, 9.17) is 4.74 Å². The van der Waals surface area contributed by atoms with Crippen molar-refractivity contribution in [2.24, 2.45) is 0 Å². The fraction of sp³-hybridized carbons (Fsp3) is 0.300. The van der Waals surface area contributed by atoms with Crippen LogP contribution in [0.5, 0.6) is 0 Å². The van der Waals surface area contributed by atoms with Crippen molar-refractivity contribution < 1.29 is 14.3 Å². The third-order valence-electron chi connectivity index (χ3n) is 3.53. The Bertz CT molecular complexity index is 695. The first-order chi connectivity index (χ1) is 11.5. The number of carbonyl (C=O) groups is 2. The number of rotatable bonds is 6. The van der Waals surface area contributed by atoms with Crippen molar-refractivity contribution >= 4 is 11.9 Å². The number of nitrogens with one attached hydrogen (secondary N) is 1. The molecule has 0 saturated heterocycles. The molecule has 0 aromatic heterocycles. The lowest BCUT2D eigenvalue weighted by molar-refractivity contribution is -0.147. The van der Waals surface area contributed by atoms with Gasteiger partial charge in [-0.2, -0.15) is 0 Å². The van der Waals surface area contributed by atoms with Gasteiger partial charge in [0.25, 0.3) is 5.91 Å². The van der Waals surface area contributed by atoms with Crippen LogP contribution >= 0.6 is 0 Å². The molecule has 1 N–H and O–H groups in total. The minimum absolute atomic E-state index is 0.0970. The molecule has 2 rings (SSSR count). The Balaban J connectivity index is 2.16. The molecule has 0 fully saturated rings. The second-order valence-electron chi connectivity index (χ2n) is 6.05. The van der Waals surface area contributed by atoms with Crippen LogP contribution in [0.3, 0.4) is 0 Å². The Morgan fingerprint density at radius 1 is 1.04 bits per heavy atom. The van der Waals surface area contributed by atoms with Gasteiger partial charge in [0, 0.05) is 5.56 Å². The van der Waals surface area contributed by atoms with Gasteiger partial charge in [0.15, 0.2) is 0 Å². The quantitative estimate of drug-likeness (QED) is 0.822. The van der Waals surface area contributed by atoms with Gasteiger partial charge in [0.1, 0.15) is 0 Å². The van der Waals surface area contributed by atoms with E-state index in [1.54, 1.807) is 19.9 Å². The van der Waals surface area contributed by atoms with Crippen molar-refractivity contribution in [3.8, 4) is 0 Å². The molecule has 0 saturated carbocycles. The number of carbonyl (C=O) groups excluding carboxylic acids is 2. The molecular formula is C20H23NO3. The number of aryl methyl sites for hydroxylation is 1. The highest BCUT2D eigenvalue weighted by Crippen LogP contribution is 2.19.